The number of hydrogen-bond donors (Lipinski definition) is 2. The van der Waals surface area contributed by atoms with Crippen LogP contribution in [0.2, 0.25) is 0 Å². The summed E-state index contributed by atoms with van der Waals surface area (Å²) in [5.74, 6) is 0.814. The van der Waals surface area contributed by atoms with Crippen LogP contribution < -0.4 is 16.4 Å². The van der Waals surface area contributed by atoms with Gasteiger partial charge in [-0.3, -0.25) is 0 Å². The molecule has 6 heteroatoms. The van der Waals surface area contributed by atoms with Gasteiger partial charge in [0.05, 0.1) is 0 Å². The fourth-order valence-corrected chi connectivity index (χ4v) is 2.36. The molecule has 19 heavy (non-hydrogen) atoms. The van der Waals surface area contributed by atoms with Crippen LogP contribution in [0, 0.1) is 0 Å². The summed E-state index contributed by atoms with van der Waals surface area (Å²) in [4.78, 5) is 14.4. The Bertz CT molecular complexity index is 571. The number of aromatic nitrogens is 3. The summed E-state index contributed by atoms with van der Waals surface area (Å²) < 4.78 is 0. The largest absolute Gasteiger partial charge is 0.372 e. The first-order valence-corrected chi connectivity index (χ1v) is 6.35. The van der Waals surface area contributed by atoms with E-state index in [1.807, 2.05) is 12.1 Å². The van der Waals surface area contributed by atoms with Crippen LogP contribution in [0.25, 0.3) is 11.4 Å². The number of nitrogens with zero attached hydrogens (tertiary/aromatic N) is 4. The third-order valence-electron chi connectivity index (χ3n) is 3.25. The average molecular weight is 256 g/mol. The third-order valence-corrected chi connectivity index (χ3v) is 3.25. The number of benzene rings is 1. The molecule has 0 spiro atoms. The van der Waals surface area contributed by atoms with Crippen molar-refractivity contribution in [2.24, 2.45) is 0 Å². The van der Waals surface area contributed by atoms with E-state index in [9.17, 15) is 0 Å². The smallest absolute Gasteiger partial charge is 0.225 e. The van der Waals surface area contributed by atoms with Gasteiger partial charge < -0.3 is 16.4 Å². The van der Waals surface area contributed by atoms with Gasteiger partial charge in [0.2, 0.25) is 11.9 Å². The minimum Gasteiger partial charge on any atom is -0.372 e. The van der Waals surface area contributed by atoms with Crippen LogP contribution in [0.15, 0.2) is 24.3 Å². The number of anilines is 3. The van der Waals surface area contributed by atoms with Crippen molar-refractivity contribution in [3.05, 3.63) is 24.3 Å². The predicted molar refractivity (Wildman–Crippen MR) is 75.5 cm³/mol. The molecule has 2 aromatic rings. The van der Waals surface area contributed by atoms with Gasteiger partial charge in [0.25, 0.3) is 0 Å². The molecule has 6 nitrogen and oxygen atoms in total. The van der Waals surface area contributed by atoms with Crippen molar-refractivity contribution in [1.29, 1.82) is 0 Å². The van der Waals surface area contributed by atoms with Crippen LogP contribution in [0.3, 0.4) is 0 Å². The minimum atomic E-state index is 0.147. The van der Waals surface area contributed by atoms with Gasteiger partial charge in [-0.05, 0) is 25.0 Å². The fourth-order valence-electron chi connectivity index (χ4n) is 2.36. The van der Waals surface area contributed by atoms with E-state index in [1.165, 1.54) is 18.5 Å². The summed E-state index contributed by atoms with van der Waals surface area (Å²) in [6, 6.07) is 8.12. The SMILES string of the molecule is Nc1nc(N)nc(-c2cccc(N3CCCC3)c2)n1. The molecule has 98 valence electrons. The summed E-state index contributed by atoms with van der Waals surface area (Å²) in [6.07, 6.45) is 2.49. The first-order chi connectivity index (χ1) is 9.22. The lowest BCUT2D eigenvalue weighted by Crippen LogP contribution is -2.17. The van der Waals surface area contributed by atoms with Crippen LogP contribution in [-0.4, -0.2) is 28.0 Å². The number of nitrogens with two attached hydrogens (primary N) is 2. The molecule has 1 fully saturated rings. The van der Waals surface area contributed by atoms with E-state index in [0.29, 0.717) is 5.82 Å². The number of rotatable bonds is 2. The van der Waals surface area contributed by atoms with E-state index in [-0.39, 0.29) is 11.9 Å². The van der Waals surface area contributed by atoms with E-state index in [1.54, 1.807) is 0 Å². The van der Waals surface area contributed by atoms with Gasteiger partial charge >= 0.3 is 0 Å². The molecule has 0 unspecified atom stereocenters. The van der Waals surface area contributed by atoms with E-state index >= 15 is 0 Å². The molecule has 0 bridgehead atoms. The Morgan fingerprint density at radius 3 is 2.32 bits per heavy atom. The Morgan fingerprint density at radius 1 is 0.947 bits per heavy atom. The molecule has 2 heterocycles. The molecule has 0 aliphatic carbocycles. The standard InChI is InChI=1S/C13H16N6/c14-12-16-11(17-13(15)18-12)9-4-3-5-10(8-9)19-6-1-2-7-19/h3-5,8H,1-2,6-7H2,(H4,14,15,16,17,18). The molecule has 1 aliphatic heterocycles. The van der Waals surface area contributed by atoms with E-state index < -0.39 is 0 Å². The normalized spacial score (nSPS) is 14.8. The Labute approximate surface area is 111 Å². The van der Waals surface area contributed by atoms with Crippen molar-refractivity contribution >= 4 is 17.6 Å². The van der Waals surface area contributed by atoms with Crippen molar-refractivity contribution < 1.29 is 0 Å². The van der Waals surface area contributed by atoms with Gasteiger partial charge in [-0.15, -0.1) is 0 Å². The predicted octanol–water partition coefficient (Wildman–Crippen LogP) is 1.30. The summed E-state index contributed by atoms with van der Waals surface area (Å²) in [5.41, 5.74) is 13.3. The lowest BCUT2D eigenvalue weighted by atomic mass is 10.2. The Kier molecular flexibility index (Phi) is 2.91. The monoisotopic (exact) mass is 256 g/mol. The second kappa shape index (κ2) is 4.72. The first kappa shape index (κ1) is 11.7. The zero-order valence-electron chi connectivity index (χ0n) is 10.6. The maximum absolute atomic E-state index is 5.60. The van der Waals surface area contributed by atoms with Crippen LogP contribution in [0.5, 0.6) is 0 Å². The molecular formula is C13H16N6. The summed E-state index contributed by atoms with van der Waals surface area (Å²) in [5, 5.41) is 0. The highest BCUT2D eigenvalue weighted by molar-refractivity contribution is 5.64. The molecule has 1 aromatic carbocycles. The van der Waals surface area contributed by atoms with Crippen molar-refractivity contribution in [2.45, 2.75) is 12.8 Å². The lowest BCUT2D eigenvalue weighted by molar-refractivity contribution is 0.949. The molecule has 1 aromatic heterocycles. The van der Waals surface area contributed by atoms with E-state index in [2.05, 4.69) is 32.0 Å². The topological polar surface area (TPSA) is 93.9 Å². The molecule has 3 rings (SSSR count). The zero-order valence-corrected chi connectivity index (χ0v) is 10.6. The fraction of sp³-hybridized carbons (Fsp3) is 0.308. The van der Waals surface area contributed by atoms with E-state index in [4.69, 9.17) is 11.5 Å². The molecule has 4 N–H and O–H groups in total. The maximum atomic E-state index is 5.60. The Morgan fingerprint density at radius 2 is 1.63 bits per heavy atom. The average Bonchev–Trinajstić information content (AvgIpc) is 2.92. The first-order valence-electron chi connectivity index (χ1n) is 6.35. The van der Waals surface area contributed by atoms with Gasteiger partial charge in [0.1, 0.15) is 0 Å². The van der Waals surface area contributed by atoms with Crippen LogP contribution in [-0.2, 0) is 0 Å². The Balaban J connectivity index is 1.98. The van der Waals surface area contributed by atoms with Crippen LogP contribution >= 0.6 is 0 Å². The number of nitrogen functional groups attached to an aromatic ring is 2. The quantitative estimate of drug-likeness (QED) is 0.841. The van der Waals surface area contributed by atoms with Crippen LogP contribution in [0.1, 0.15) is 12.8 Å². The second-order valence-electron chi connectivity index (χ2n) is 4.62. The molecule has 0 radical (unpaired) electrons. The molecule has 0 saturated carbocycles. The van der Waals surface area contributed by atoms with Gasteiger partial charge in [-0.1, -0.05) is 12.1 Å². The molecular weight excluding hydrogens is 240 g/mol. The second-order valence-corrected chi connectivity index (χ2v) is 4.62. The highest BCUT2D eigenvalue weighted by Crippen LogP contribution is 2.25. The van der Waals surface area contributed by atoms with Crippen molar-refractivity contribution in [3.63, 3.8) is 0 Å². The lowest BCUT2D eigenvalue weighted by Gasteiger charge is -2.18. The molecule has 1 saturated heterocycles. The van der Waals surface area contributed by atoms with Gasteiger partial charge in [-0.2, -0.15) is 15.0 Å². The van der Waals surface area contributed by atoms with Crippen molar-refractivity contribution in [1.82, 2.24) is 15.0 Å². The summed E-state index contributed by atoms with van der Waals surface area (Å²) >= 11 is 0. The maximum Gasteiger partial charge on any atom is 0.225 e. The van der Waals surface area contributed by atoms with Gasteiger partial charge in [-0.25, -0.2) is 0 Å². The highest BCUT2D eigenvalue weighted by atomic mass is 15.2. The molecule has 0 amide bonds. The van der Waals surface area contributed by atoms with Crippen LogP contribution in [0.4, 0.5) is 17.6 Å². The minimum absolute atomic E-state index is 0.147. The van der Waals surface area contributed by atoms with Crippen molar-refractivity contribution in [3.8, 4) is 11.4 Å². The third kappa shape index (κ3) is 2.42. The van der Waals surface area contributed by atoms with Gasteiger partial charge in [0, 0.05) is 24.3 Å². The van der Waals surface area contributed by atoms with Crippen molar-refractivity contribution in [2.75, 3.05) is 29.5 Å². The Hall–Kier alpha value is -2.37. The van der Waals surface area contributed by atoms with E-state index in [0.717, 1.165) is 18.7 Å². The molecule has 1 aliphatic rings. The number of hydrogen-bond acceptors (Lipinski definition) is 6. The van der Waals surface area contributed by atoms with Gasteiger partial charge in [0.15, 0.2) is 5.82 Å². The highest BCUT2D eigenvalue weighted by Gasteiger charge is 2.13. The zero-order chi connectivity index (χ0) is 13.2. The molecule has 0 atom stereocenters. The summed E-state index contributed by atoms with van der Waals surface area (Å²) in [6.45, 7) is 2.20. The summed E-state index contributed by atoms with van der Waals surface area (Å²) in [7, 11) is 0.